The summed E-state index contributed by atoms with van der Waals surface area (Å²) in [6.07, 6.45) is 2.07. The first-order valence-corrected chi connectivity index (χ1v) is 6.99. The Morgan fingerprint density at radius 3 is 2.42 bits per heavy atom. The van der Waals surface area contributed by atoms with Crippen molar-refractivity contribution in [3.8, 4) is 0 Å². The van der Waals surface area contributed by atoms with Gasteiger partial charge < -0.3 is 4.57 Å². The van der Waals surface area contributed by atoms with Crippen LogP contribution in [0.15, 0.2) is 30.3 Å². The van der Waals surface area contributed by atoms with Crippen molar-refractivity contribution in [1.29, 1.82) is 0 Å². The lowest BCUT2D eigenvalue weighted by Crippen LogP contribution is -2.19. The third kappa shape index (κ3) is 3.57. The molecule has 2 aromatic rings. The Hall–Kier alpha value is -1.35. The van der Waals surface area contributed by atoms with E-state index >= 15 is 0 Å². The van der Waals surface area contributed by atoms with Crippen LogP contribution in [0.5, 0.6) is 0 Å². The number of aromatic nitrogens is 3. The van der Waals surface area contributed by atoms with Gasteiger partial charge in [0, 0.05) is 12.0 Å². The number of benzene rings is 1. The smallest absolute Gasteiger partial charge is 0.225 e. The molecule has 1 heterocycles. The molecule has 0 unspecified atom stereocenters. The Kier molecular flexibility index (Phi) is 4.25. The van der Waals surface area contributed by atoms with Crippen molar-refractivity contribution in [3.05, 3.63) is 47.0 Å². The molecule has 2 rings (SSSR count). The first-order chi connectivity index (χ1) is 8.98. The highest BCUT2D eigenvalue weighted by Crippen LogP contribution is 2.23. The van der Waals surface area contributed by atoms with Gasteiger partial charge in [-0.1, -0.05) is 51.1 Å². The summed E-state index contributed by atoms with van der Waals surface area (Å²) in [7, 11) is 0. The monoisotopic (exact) mass is 277 g/mol. The molecule has 0 spiro atoms. The molecule has 0 bridgehead atoms. The molecule has 0 aliphatic rings. The maximum Gasteiger partial charge on any atom is 0.225 e. The number of hydrogen-bond acceptors (Lipinski definition) is 2. The van der Waals surface area contributed by atoms with Crippen LogP contribution < -0.4 is 0 Å². The van der Waals surface area contributed by atoms with Gasteiger partial charge in [-0.3, -0.25) is 0 Å². The molecule has 0 aliphatic heterocycles. The van der Waals surface area contributed by atoms with E-state index < -0.39 is 0 Å². The second kappa shape index (κ2) is 5.74. The normalized spacial score (nSPS) is 11.8. The highest BCUT2D eigenvalue weighted by atomic mass is 35.5. The summed E-state index contributed by atoms with van der Waals surface area (Å²) < 4.78 is 2.02. The molecule has 0 aliphatic carbocycles. The van der Waals surface area contributed by atoms with E-state index in [2.05, 4.69) is 55.2 Å². The Morgan fingerprint density at radius 2 is 1.79 bits per heavy atom. The standard InChI is InChI=1S/C15H20ClN3/c1-15(2,3)13-17-18-14(16)19(13)11-7-10-12-8-5-4-6-9-12/h4-6,8-9H,7,10-11H2,1-3H3. The molecule has 0 saturated carbocycles. The van der Waals surface area contributed by atoms with E-state index in [0.29, 0.717) is 5.28 Å². The van der Waals surface area contributed by atoms with E-state index in [1.54, 1.807) is 0 Å². The molecule has 0 fully saturated rings. The number of halogens is 1. The summed E-state index contributed by atoms with van der Waals surface area (Å²) in [5.41, 5.74) is 1.32. The van der Waals surface area contributed by atoms with Crippen molar-refractivity contribution in [3.63, 3.8) is 0 Å². The predicted molar refractivity (Wildman–Crippen MR) is 78.5 cm³/mol. The van der Waals surface area contributed by atoms with Gasteiger partial charge in [-0.05, 0) is 30.0 Å². The van der Waals surface area contributed by atoms with Crippen molar-refractivity contribution in [1.82, 2.24) is 14.8 Å². The van der Waals surface area contributed by atoms with Gasteiger partial charge in [0.15, 0.2) is 0 Å². The molecule has 1 aromatic heterocycles. The molecular formula is C15H20ClN3. The number of aryl methyl sites for hydroxylation is 1. The van der Waals surface area contributed by atoms with E-state index in [1.807, 2.05) is 10.6 Å². The van der Waals surface area contributed by atoms with Gasteiger partial charge >= 0.3 is 0 Å². The summed E-state index contributed by atoms with van der Waals surface area (Å²) >= 11 is 6.12. The van der Waals surface area contributed by atoms with Crippen molar-refractivity contribution in [2.45, 2.75) is 45.6 Å². The third-order valence-corrected chi connectivity index (χ3v) is 3.35. The Labute approximate surface area is 119 Å². The molecule has 0 atom stereocenters. The third-order valence-electron chi connectivity index (χ3n) is 3.07. The maximum absolute atomic E-state index is 6.12. The van der Waals surface area contributed by atoms with Crippen LogP contribution in [0.4, 0.5) is 0 Å². The van der Waals surface area contributed by atoms with Crippen LogP contribution in [0, 0.1) is 0 Å². The molecule has 0 amide bonds. The Balaban J connectivity index is 2.02. The van der Waals surface area contributed by atoms with Gasteiger partial charge in [-0.2, -0.15) is 0 Å². The maximum atomic E-state index is 6.12. The highest BCUT2D eigenvalue weighted by molar-refractivity contribution is 6.28. The lowest BCUT2D eigenvalue weighted by Gasteiger charge is -2.18. The molecule has 0 saturated heterocycles. The topological polar surface area (TPSA) is 30.7 Å². The fraction of sp³-hybridized carbons (Fsp3) is 0.467. The van der Waals surface area contributed by atoms with Gasteiger partial charge in [-0.25, -0.2) is 0 Å². The minimum absolute atomic E-state index is 0.0348. The molecule has 3 nitrogen and oxygen atoms in total. The largest absolute Gasteiger partial charge is 0.301 e. The number of hydrogen-bond donors (Lipinski definition) is 0. The van der Waals surface area contributed by atoms with Crippen LogP contribution in [-0.2, 0) is 18.4 Å². The van der Waals surface area contributed by atoms with Crippen molar-refractivity contribution in [2.24, 2.45) is 0 Å². The van der Waals surface area contributed by atoms with Crippen molar-refractivity contribution < 1.29 is 0 Å². The van der Waals surface area contributed by atoms with E-state index in [1.165, 1.54) is 5.56 Å². The van der Waals surface area contributed by atoms with Gasteiger partial charge in [0.25, 0.3) is 0 Å². The van der Waals surface area contributed by atoms with Crippen molar-refractivity contribution in [2.75, 3.05) is 0 Å². The summed E-state index contributed by atoms with van der Waals surface area (Å²) in [4.78, 5) is 0. The SMILES string of the molecule is CC(C)(C)c1nnc(Cl)n1CCCc1ccccc1. The molecule has 0 radical (unpaired) electrons. The van der Waals surface area contributed by atoms with Crippen LogP contribution in [0.25, 0.3) is 0 Å². The second-order valence-corrected chi connectivity index (χ2v) is 6.12. The fourth-order valence-corrected chi connectivity index (χ4v) is 2.33. The average molecular weight is 278 g/mol. The quantitative estimate of drug-likeness (QED) is 0.850. The molecule has 0 N–H and O–H groups in total. The zero-order valence-corrected chi connectivity index (χ0v) is 12.5. The van der Waals surface area contributed by atoms with Crippen LogP contribution in [-0.4, -0.2) is 14.8 Å². The van der Waals surface area contributed by atoms with Crippen molar-refractivity contribution >= 4 is 11.6 Å². The summed E-state index contributed by atoms with van der Waals surface area (Å²) in [6.45, 7) is 7.23. The minimum atomic E-state index is -0.0348. The lowest BCUT2D eigenvalue weighted by molar-refractivity contribution is 0.489. The van der Waals surface area contributed by atoms with Crippen LogP contribution >= 0.6 is 11.6 Å². The lowest BCUT2D eigenvalue weighted by atomic mass is 9.95. The first-order valence-electron chi connectivity index (χ1n) is 6.61. The highest BCUT2D eigenvalue weighted by Gasteiger charge is 2.22. The van der Waals surface area contributed by atoms with Gasteiger partial charge in [0.1, 0.15) is 5.82 Å². The molecule has 1 aromatic carbocycles. The van der Waals surface area contributed by atoms with Crippen LogP contribution in [0.1, 0.15) is 38.6 Å². The van der Waals surface area contributed by atoms with E-state index in [9.17, 15) is 0 Å². The van der Waals surface area contributed by atoms with Gasteiger partial charge in [0.2, 0.25) is 5.28 Å². The van der Waals surface area contributed by atoms with E-state index in [0.717, 1.165) is 25.2 Å². The summed E-state index contributed by atoms with van der Waals surface area (Å²) in [5.74, 6) is 0.950. The predicted octanol–water partition coefficient (Wildman–Crippen LogP) is 3.86. The Bertz CT molecular complexity index is 526. The molecular weight excluding hydrogens is 258 g/mol. The van der Waals surface area contributed by atoms with E-state index in [-0.39, 0.29) is 5.41 Å². The van der Waals surface area contributed by atoms with Gasteiger partial charge in [0.05, 0.1) is 0 Å². The average Bonchev–Trinajstić information content (AvgIpc) is 2.72. The molecule has 19 heavy (non-hydrogen) atoms. The van der Waals surface area contributed by atoms with Gasteiger partial charge in [-0.15, -0.1) is 10.2 Å². The Morgan fingerprint density at radius 1 is 1.11 bits per heavy atom. The zero-order chi connectivity index (χ0) is 13.9. The minimum Gasteiger partial charge on any atom is -0.301 e. The summed E-state index contributed by atoms with van der Waals surface area (Å²) in [5, 5.41) is 8.66. The van der Waals surface area contributed by atoms with E-state index in [4.69, 9.17) is 11.6 Å². The first kappa shape index (κ1) is 14.1. The number of nitrogens with zero attached hydrogens (tertiary/aromatic N) is 3. The van der Waals surface area contributed by atoms with Crippen LogP contribution in [0.3, 0.4) is 0 Å². The summed E-state index contributed by atoms with van der Waals surface area (Å²) in [6, 6.07) is 10.5. The second-order valence-electron chi connectivity index (χ2n) is 5.78. The molecule has 4 heteroatoms. The van der Waals surface area contributed by atoms with Crippen LogP contribution in [0.2, 0.25) is 5.28 Å². The number of rotatable bonds is 4. The molecule has 102 valence electrons. The fourth-order valence-electron chi connectivity index (χ4n) is 2.12. The zero-order valence-electron chi connectivity index (χ0n) is 11.7.